The SMILES string of the molecule is CS(=O)(=O)N(Cl)c1ccc(C(=O)C2CCNCC2)cc1. The molecule has 1 N–H and O–H groups in total. The predicted molar refractivity (Wildman–Crippen MR) is 79.5 cm³/mol. The highest BCUT2D eigenvalue weighted by molar-refractivity contribution is 7.93. The van der Waals surface area contributed by atoms with Crippen molar-refractivity contribution >= 4 is 33.3 Å². The molecule has 0 aromatic heterocycles. The van der Waals surface area contributed by atoms with Crippen LogP contribution in [0.25, 0.3) is 0 Å². The van der Waals surface area contributed by atoms with Crippen LogP contribution in [0.3, 0.4) is 0 Å². The van der Waals surface area contributed by atoms with E-state index in [2.05, 4.69) is 5.32 Å². The van der Waals surface area contributed by atoms with Gasteiger partial charge in [0.15, 0.2) is 5.78 Å². The van der Waals surface area contributed by atoms with Crippen LogP contribution in [0.5, 0.6) is 0 Å². The molecule has 1 aromatic carbocycles. The van der Waals surface area contributed by atoms with Crippen LogP contribution < -0.4 is 9.14 Å². The summed E-state index contributed by atoms with van der Waals surface area (Å²) in [5.74, 6) is 0.155. The van der Waals surface area contributed by atoms with Crippen molar-refractivity contribution in [3.8, 4) is 0 Å². The van der Waals surface area contributed by atoms with E-state index in [1.807, 2.05) is 0 Å². The third kappa shape index (κ3) is 3.50. The maximum atomic E-state index is 12.3. The molecular weight excluding hydrogens is 300 g/mol. The second-order valence-electron chi connectivity index (χ2n) is 4.91. The lowest BCUT2D eigenvalue weighted by molar-refractivity contribution is 0.0895. The summed E-state index contributed by atoms with van der Waals surface area (Å²) in [6.45, 7) is 1.72. The third-order valence-electron chi connectivity index (χ3n) is 3.36. The van der Waals surface area contributed by atoms with E-state index in [4.69, 9.17) is 11.8 Å². The van der Waals surface area contributed by atoms with Gasteiger partial charge in [0.2, 0.25) is 10.0 Å². The topological polar surface area (TPSA) is 66.5 Å². The maximum Gasteiger partial charge on any atom is 0.246 e. The molecule has 0 radical (unpaired) electrons. The lowest BCUT2D eigenvalue weighted by atomic mass is 9.89. The summed E-state index contributed by atoms with van der Waals surface area (Å²) >= 11 is 5.72. The molecule has 0 aliphatic carbocycles. The minimum atomic E-state index is -3.50. The molecule has 5 nitrogen and oxygen atoms in total. The Morgan fingerprint density at radius 3 is 2.30 bits per heavy atom. The molecule has 1 aliphatic heterocycles. The summed E-state index contributed by atoms with van der Waals surface area (Å²) in [4.78, 5) is 12.3. The molecule has 0 spiro atoms. The van der Waals surface area contributed by atoms with Crippen LogP contribution in [0.2, 0.25) is 0 Å². The standard InChI is InChI=1S/C13H17ClN2O3S/c1-20(18,19)16(14)12-4-2-10(3-5-12)13(17)11-6-8-15-9-7-11/h2-5,11,15H,6-9H2,1H3. The number of ketones is 1. The van der Waals surface area contributed by atoms with Crippen molar-refractivity contribution < 1.29 is 13.2 Å². The molecule has 1 saturated heterocycles. The first-order valence-corrected chi connectivity index (χ1v) is 8.59. The molecule has 1 aromatic rings. The molecule has 1 fully saturated rings. The molecule has 0 amide bonds. The number of sulfonamides is 1. The summed E-state index contributed by atoms with van der Waals surface area (Å²) < 4.78 is 23.3. The smallest absolute Gasteiger partial charge is 0.246 e. The lowest BCUT2D eigenvalue weighted by Gasteiger charge is -2.21. The molecule has 0 bridgehead atoms. The highest BCUT2D eigenvalue weighted by atomic mass is 35.5. The van der Waals surface area contributed by atoms with Crippen molar-refractivity contribution in [1.82, 2.24) is 5.32 Å². The van der Waals surface area contributed by atoms with Crippen LogP contribution in [0.15, 0.2) is 24.3 Å². The van der Waals surface area contributed by atoms with Crippen molar-refractivity contribution in [3.05, 3.63) is 29.8 Å². The van der Waals surface area contributed by atoms with E-state index in [0.717, 1.165) is 32.2 Å². The quantitative estimate of drug-likeness (QED) is 0.679. The van der Waals surface area contributed by atoms with E-state index in [-0.39, 0.29) is 11.7 Å². The number of piperidine rings is 1. The number of hydrogen-bond donors (Lipinski definition) is 1. The van der Waals surface area contributed by atoms with Gasteiger partial charge in [-0.25, -0.2) is 8.42 Å². The van der Waals surface area contributed by atoms with Crippen molar-refractivity contribution in [2.45, 2.75) is 12.8 Å². The van der Waals surface area contributed by atoms with Crippen LogP contribution in [-0.2, 0) is 10.0 Å². The summed E-state index contributed by atoms with van der Waals surface area (Å²) in [6.07, 6.45) is 2.70. The average molecular weight is 317 g/mol. The Morgan fingerprint density at radius 1 is 1.25 bits per heavy atom. The number of anilines is 1. The first kappa shape index (κ1) is 15.3. The van der Waals surface area contributed by atoms with Crippen molar-refractivity contribution in [1.29, 1.82) is 0 Å². The molecule has 7 heteroatoms. The number of nitrogens with one attached hydrogen (secondary N) is 1. The third-order valence-corrected chi connectivity index (χ3v) is 5.10. The summed E-state index contributed by atoms with van der Waals surface area (Å²) in [7, 11) is -3.50. The van der Waals surface area contributed by atoms with Crippen molar-refractivity contribution in [3.63, 3.8) is 0 Å². The molecule has 20 heavy (non-hydrogen) atoms. The van der Waals surface area contributed by atoms with Gasteiger partial charge in [-0.2, -0.15) is 3.82 Å². The fourth-order valence-corrected chi connectivity index (χ4v) is 2.87. The zero-order valence-corrected chi connectivity index (χ0v) is 12.7. The number of nitrogens with zero attached hydrogens (tertiary/aromatic N) is 1. The number of halogens is 1. The summed E-state index contributed by atoms with van der Waals surface area (Å²) in [5, 5.41) is 3.22. The minimum Gasteiger partial charge on any atom is -0.317 e. The molecule has 0 unspecified atom stereocenters. The second-order valence-corrected chi connectivity index (χ2v) is 7.28. The van der Waals surface area contributed by atoms with Gasteiger partial charge in [0, 0.05) is 23.3 Å². The van der Waals surface area contributed by atoms with Crippen molar-refractivity contribution in [2.24, 2.45) is 5.92 Å². The van der Waals surface area contributed by atoms with E-state index in [1.54, 1.807) is 24.3 Å². The molecule has 0 saturated carbocycles. The minimum absolute atomic E-state index is 0.0455. The van der Waals surface area contributed by atoms with E-state index in [0.29, 0.717) is 15.1 Å². The zero-order valence-electron chi connectivity index (χ0n) is 11.2. The monoisotopic (exact) mass is 316 g/mol. The highest BCUT2D eigenvalue weighted by Crippen LogP contribution is 2.23. The van der Waals surface area contributed by atoms with Gasteiger partial charge in [-0.3, -0.25) is 4.79 Å². The number of benzene rings is 1. The van der Waals surface area contributed by atoms with E-state index in [9.17, 15) is 13.2 Å². The van der Waals surface area contributed by atoms with Gasteiger partial charge in [0.25, 0.3) is 0 Å². The van der Waals surface area contributed by atoms with Gasteiger partial charge in [-0.1, -0.05) is 0 Å². The van der Waals surface area contributed by atoms with Crippen LogP contribution >= 0.6 is 11.8 Å². The van der Waals surface area contributed by atoms with Gasteiger partial charge < -0.3 is 5.32 Å². The Kier molecular flexibility index (Phi) is 4.67. The Hall–Kier alpha value is -1.11. The van der Waals surface area contributed by atoms with E-state index in [1.165, 1.54) is 0 Å². The molecule has 1 aliphatic rings. The first-order valence-electron chi connectivity index (χ1n) is 6.40. The van der Waals surface area contributed by atoms with E-state index >= 15 is 0 Å². The lowest BCUT2D eigenvalue weighted by Crippen LogP contribution is -2.31. The molecular formula is C13H17ClN2O3S. The van der Waals surface area contributed by atoms with Gasteiger partial charge in [-0.05, 0) is 50.2 Å². The van der Waals surface area contributed by atoms with E-state index < -0.39 is 10.0 Å². The zero-order chi connectivity index (χ0) is 14.8. The Labute approximate surface area is 124 Å². The number of hydrogen-bond acceptors (Lipinski definition) is 4. The fourth-order valence-electron chi connectivity index (χ4n) is 2.25. The normalized spacial score (nSPS) is 16.9. The number of Topliss-reactive ketones (excluding diaryl/α,β-unsaturated/α-hetero) is 1. The van der Waals surface area contributed by atoms with Gasteiger partial charge >= 0.3 is 0 Å². The highest BCUT2D eigenvalue weighted by Gasteiger charge is 2.22. The predicted octanol–water partition coefficient (Wildman–Crippen LogP) is 1.79. The number of carbonyl (C=O) groups is 1. The Balaban J connectivity index is 2.13. The largest absolute Gasteiger partial charge is 0.317 e. The maximum absolute atomic E-state index is 12.3. The van der Waals surface area contributed by atoms with Crippen LogP contribution in [0.4, 0.5) is 5.69 Å². The van der Waals surface area contributed by atoms with Gasteiger partial charge in [0.1, 0.15) is 0 Å². The van der Waals surface area contributed by atoms with Crippen LogP contribution in [0, 0.1) is 5.92 Å². The molecule has 110 valence electrons. The number of carbonyl (C=O) groups excluding carboxylic acids is 1. The van der Waals surface area contributed by atoms with Crippen LogP contribution in [0.1, 0.15) is 23.2 Å². The summed E-state index contributed by atoms with van der Waals surface area (Å²) in [5.41, 5.74) is 0.926. The Morgan fingerprint density at radius 2 is 1.80 bits per heavy atom. The van der Waals surface area contributed by atoms with Crippen LogP contribution in [-0.4, -0.2) is 33.5 Å². The fraction of sp³-hybridized carbons (Fsp3) is 0.462. The van der Waals surface area contributed by atoms with Crippen molar-refractivity contribution in [2.75, 3.05) is 23.2 Å². The second kappa shape index (κ2) is 6.11. The molecule has 0 atom stereocenters. The number of rotatable bonds is 4. The van der Waals surface area contributed by atoms with Gasteiger partial charge in [0.05, 0.1) is 11.9 Å². The summed E-state index contributed by atoms with van der Waals surface area (Å²) in [6, 6.07) is 6.34. The Bertz CT molecular complexity index is 580. The average Bonchev–Trinajstić information content (AvgIpc) is 2.46. The molecule has 1 heterocycles. The molecule has 2 rings (SSSR count). The van der Waals surface area contributed by atoms with Gasteiger partial charge in [-0.15, -0.1) is 0 Å². The first-order chi connectivity index (χ1) is 9.39.